The van der Waals surface area contributed by atoms with Crippen molar-refractivity contribution in [1.82, 2.24) is 15.3 Å². The Kier molecular flexibility index (Phi) is 8.99. The van der Waals surface area contributed by atoms with Crippen LogP contribution < -0.4 is 16.0 Å². The monoisotopic (exact) mass is 584 g/mol. The zero-order valence-electron chi connectivity index (χ0n) is 25.0. The van der Waals surface area contributed by atoms with Gasteiger partial charge in [0.15, 0.2) is 0 Å². The van der Waals surface area contributed by atoms with Crippen LogP contribution in [0.4, 0.5) is 0 Å². The van der Waals surface area contributed by atoms with E-state index in [0.29, 0.717) is 38.9 Å². The van der Waals surface area contributed by atoms with E-state index in [4.69, 9.17) is 0 Å². The van der Waals surface area contributed by atoms with Crippen LogP contribution in [0.25, 0.3) is 18.2 Å². The fourth-order valence-corrected chi connectivity index (χ4v) is 5.57. The third kappa shape index (κ3) is 6.28. The number of nitrogens with zero attached hydrogens (tertiary/aromatic N) is 1. The smallest absolute Gasteiger partial charge is 0.303 e. The van der Waals surface area contributed by atoms with Gasteiger partial charge >= 0.3 is 11.9 Å². The second-order valence-corrected chi connectivity index (χ2v) is 10.7. The average molecular weight is 585 g/mol. The fraction of sp³-hybridized carbons (Fsp3) is 0.303. The molecule has 0 radical (unpaired) electrons. The number of carboxylic acids is 2. The highest BCUT2D eigenvalue weighted by Crippen LogP contribution is 2.29. The molecule has 224 valence electrons. The maximum atomic E-state index is 12.3. The van der Waals surface area contributed by atoms with Crippen molar-refractivity contribution >= 4 is 47.7 Å². The summed E-state index contributed by atoms with van der Waals surface area (Å²) in [5.74, 6) is -2.59. The number of aliphatic imine (C=N–C) groups is 1. The Morgan fingerprint density at radius 2 is 1.56 bits per heavy atom. The molecule has 0 aromatic carbocycles. The molecule has 5 N–H and O–H groups in total. The Hall–Kier alpha value is -4.99. The lowest BCUT2D eigenvalue weighted by atomic mass is 10.00. The second kappa shape index (κ2) is 12.5. The van der Waals surface area contributed by atoms with Crippen molar-refractivity contribution in [2.45, 2.75) is 60.3 Å². The van der Waals surface area contributed by atoms with E-state index in [1.165, 1.54) is 6.08 Å². The highest BCUT2D eigenvalue weighted by Gasteiger charge is 2.29. The van der Waals surface area contributed by atoms with Gasteiger partial charge in [-0.25, -0.2) is 4.99 Å². The van der Waals surface area contributed by atoms with E-state index in [1.54, 1.807) is 13.0 Å². The van der Waals surface area contributed by atoms with E-state index in [-0.39, 0.29) is 43.4 Å². The lowest BCUT2D eigenvalue weighted by Gasteiger charge is -2.03. The molecule has 0 spiro atoms. The molecule has 2 amide bonds. The number of hydrogen-bond acceptors (Lipinski definition) is 4. The molecule has 0 aliphatic carbocycles. The summed E-state index contributed by atoms with van der Waals surface area (Å²) in [6.07, 6.45) is 9.23. The van der Waals surface area contributed by atoms with Crippen LogP contribution in [0, 0.1) is 19.8 Å². The van der Waals surface area contributed by atoms with Crippen molar-refractivity contribution in [2.75, 3.05) is 0 Å². The maximum Gasteiger partial charge on any atom is 0.303 e. The van der Waals surface area contributed by atoms with E-state index in [2.05, 4.69) is 26.9 Å². The van der Waals surface area contributed by atoms with Crippen LogP contribution >= 0.6 is 0 Å². The normalized spacial score (nSPS) is 19.7. The highest BCUT2D eigenvalue weighted by molar-refractivity contribution is 6.31. The number of carbonyl (C=O) groups is 4. The number of amides is 2. The van der Waals surface area contributed by atoms with Gasteiger partial charge in [-0.3, -0.25) is 19.2 Å². The molecule has 10 nitrogen and oxygen atoms in total. The third-order valence-electron chi connectivity index (χ3n) is 8.12. The standard InChI is InChI=1S/C33H36N4O6/c1-7-20-19(6)32(42)37-27(20)14-25-18(5)23(10-12-31(40)41)29(35-25)15-28-22(9-11-30(38)39)17(4)24(34-28)13-26-16(3)21(8-2)33(43)36-26/h7-8,13-15,19,34-35H,2,9-12H2,1,3-6H3,(H,37,42)(H,38,39)(H,40,41)/b20-7+,24-13-,27-14-,28-15-/t19-/m1/s1. The summed E-state index contributed by atoms with van der Waals surface area (Å²) in [6.45, 7) is 13.0. The summed E-state index contributed by atoms with van der Waals surface area (Å²) in [7, 11) is 0. The number of hydrogen-bond donors (Lipinski definition) is 5. The summed E-state index contributed by atoms with van der Waals surface area (Å²) in [6, 6.07) is 0. The van der Waals surface area contributed by atoms with Crippen LogP contribution in [-0.4, -0.2) is 49.6 Å². The molecule has 1 atom stereocenters. The number of aromatic nitrogens is 2. The number of carbonyl (C=O) groups excluding carboxylic acids is 2. The first kappa shape index (κ1) is 31.0. The first-order valence-electron chi connectivity index (χ1n) is 14.1. The lowest BCUT2D eigenvalue weighted by Crippen LogP contribution is -2.16. The number of carboxylic acid groups (broad SMARTS) is 2. The minimum Gasteiger partial charge on any atom is -0.481 e. The molecule has 0 bridgehead atoms. The molecule has 1 fully saturated rings. The summed E-state index contributed by atoms with van der Waals surface area (Å²) < 4.78 is 0. The predicted octanol–water partition coefficient (Wildman–Crippen LogP) is 3.14. The fourth-order valence-electron chi connectivity index (χ4n) is 5.57. The molecular formula is C33H36N4O6. The Morgan fingerprint density at radius 1 is 0.907 bits per heavy atom. The van der Waals surface area contributed by atoms with E-state index in [9.17, 15) is 29.4 Å². The highest BCUT2D eigenvalue weighted by atomic mass is 16.4. The third-order valence-corrected chi connectivity index (χ3v) is 8.12. The van der Waals surface area contributed by atoms with Gasteiger partial charge in [-0.1, -0.05) is 18.7 Å². The number of allylic oxidation sites excluding steroid dienone is 3. The van der Waals surface area contributed by atoms with Crippen LogP contribution in [-0.2, 0) is 32.0 Å². The molecule has 10 heteroatoms. The second-order valence-electron chi connectivity index (χ2n) is 10.7. The van der Waals surface area contributed by atoms with Gasteiger partial charge in [0, 0.05) is 46.2 Å². The van der Waals surface area contributed by atoms with E-state index in [0.717, 1.165) is 33.5 Å². The van der Waals surface area contributed by atoms with Crippen molar-refractivity contribution in [1.29, 1.82) is 0 Å². The summed E-state index contributed by atoms with van der Waals surface area (Å²) in [4.78, 5) is 58.6. The van der Waals surface area contributed by atoms with Gasteiger partial charge in [0.25, 0.3) is 5.91 Å². The molecule has 1 saturated heterocycles. The first-order chi connectivity index (χ1) is 20.4. The Balaban J connectivity index is 1.91. The van der Waals surface area contributed by atoms with Crippen molar-refractivity contribution in [3.05, 3.63) is 85.5 Å². The summed E-state index contributed by atoms with van der Waals surface area (Å²) in [5, 5.41) is 23.1. The molecule has 2 aromatic heterocycles. The molecule has 4 heterocycles. The van der Waals surface area contributed by atoms with Gasteiger partial charge in [-0.15, -0.1) is 0 Å². The summed E-state index contributed by atoms with van der Waals surface area (Å²) in [5.41, 5.74) is 7.87. The van der Waals surface area contributed by atoms with Crippen LogP contribution in [0.1, 0.15) is 67.3 Å². The van der Waals surface area contributed by atoms with Crippen LogP contribution in [0.3, 0.4) is 0 Å². The Morgan fingerprint density at radius 3 is 2.14 bits per heavy atom. The van der Waals surface area contributed by atoms with Crippen molar-refractivity contribution in [2.24, 2.45) is 10.9 Å². The molecule has 43 heavy (non-hydrogen) atoms. The molecule has 4 rings (SSSR count). The van der Waals surface area contributed by atoms with Gasteiger partial charge in [-0.2, -0.15) is 0 Å². The lowest BCUT2D eigenvalue weighted by molar-refractivity contribution is -0.138. The molecule has 2 aromatic rings. The molecule has 0 saturated carbocycles. The SMILES string of the molecule is C=CC1=C(C)C(/C=c2\[nH]/c(=C\c3[nH]c(/C=C4\NC(=O)[C@H](C)\C4=C/C)c(C)c3CCC(=O)O)c(CCC(=O)O)c2C)=NC1=O. The Labute approximate surface area is 249 Å². The van der Waals surface area contributed by atoms with Crippen LogP contribution in [0.2, 0.25) is 0 Å². The topological polar surface area (TPSA) is 165 Å². The number of aliphatic carboxylic acids is 2. The quantitative estimate of drug-likeness (QED) is 0.288. The zero-order valence-corrected chi connectivity index (χ0v) is 25.0. The van der Waals surface area contributed by atoms with E-state index < -0.39 is 11.9 Å². The molecule has 2 aliphatic heterocycles. The minimum atomic E-state index is -0.934. The average Bonchev–Trinajstić information content (AvgIpc) is 3.59. The maximum absolute atomic E-state index is 12.3. The van der Waals surface area contributed by atoms with Crippen molar-refractivity contribution < 1.29 is 29.4 Å². The van der Waals surface area contributed by atoms with Crippen LogP contribution in [0.15, 0.2) is 46.1 Å². The number of H-pyrrole nitrogens is 2. The van der Waals surface area contributed by atoms with E-state index in [1.807, 2.05) is 45.9 Å². The Bertz CT molecular complexity index is 1810. The number of rotatable bonds is 10. The van der Waals surface area contributed by atoms with Gasteiger partial charge in [0.05, 0.1) is 11.6 Å². The van der Waals surface area contributed by atoms with Crippen molar-refractivity contribution in [3.8, 4) is 0 Å². The zero-order chi connectivity index (χ0) is 31.6. The number of aromatic amines is 2. The number of nitrogens with one attached hydrogen (secondary N) is 3. The first-order valence-corrected chi connectivity index (χ1v) is 14.1. The van der Waals surface area contributed by atoms with Crippen molar-refractivity contribution in [3.63, 3.8) is 0 Å². The van der Waals surface area contributed by atoms with E-state index >= 15 is 0 Å². The summed E-state index contributed by atoms with van der Waals surface area (Å²) >= 11 is 0. The van der Waals surface area contributed by atoms with Gasteiger partial charge < -0.3 is 25.5 Å². The molecular weight excluding hydrogens is 548 g/mol. The van der Waals surface area contributed by atoms with Gasteiger partial charge in [-0.05, 0) is 99.1 Å². The van der Waals surface area contributed by atoms with Gasteiger partial charge in [0.2, 0.25) is 5.91 Å². The van der Waals surface area contributed by atoms with Crippen LogP contribution in [0.5, 0.6) is 0 Å². The largest absolute Gasteiger partial charge is 0.481 e. The molecule has 2 aliphatic rings. The van der Waals surface area contributed by atoms with Gasteiger partial charge in [0.1, 0.15) is 0 Å². The minimum absolute atomic E-state index is 0.0802. The molecule has 0 unspecified atom stereocenters. The predicted molar refractivity (Wildman–Crippen MR) is 165 cm³/mol.